The van der Waals surface area contributed by atoms with Crippen molar-refractivity contribution in [1.29, 1.82) is 0 Å². The van der Waals surface area contributed by atoms with Gasteiger partial charge in [-0.05, 0) is 12.1 Å². The molecule has 0 saturated carbocycles. The molecule has 3 rings (SSSR count). The lowest BCUT2D eigenvalue weighted by Gasteiger charge is -2.03. The molecule has 8 heteroatoms. The van der Waals surface area contributed by atoms with Gasteiger partial charge < -0.3 is 14.7 Å². The lowest BCUT2D eigenvalue weighted by Crippen LogP contribution is -2.19. The number of benzene rings is 1. The van der Waals surface area contributed by atoms with Gasteiger partial charge in [0.15, 0.2) is 5.82 Å². The molecule has 0 aliphatic carbocycles. The number of fused-ring (bicyclic) bond motifs is 1. The monoisotopic (exact) mass is 273 g/mol. The average Bonchev–Trinajstić information content (AvgIpc) is 2.94. The third-order valence-corrected chi connectivity index (χ3v) is 3.15. The number of carbonyl (C=O) groups is 1. The molecule has 2 N–H and O–H groups in total. The summed E-state index contributed by atoms with van der Waals surface area (Å²) in [6.07, 6.45) is 1.54. The van der Waals surface area contributed by atoms with Crippen LogP contribution in [-0.2, 0) is 13.6 Å². The van der Waals surface area contributed by atoms with E-state index in [-0.39, 0.29) is 17.8 Å². The molecule has 1 aromatic carbocycles. The summed E-state index contributed by atoms with van der Waals surface area (Å²) in [7, 11) is 1.78. The lowest BCUT2D eigenvalue weighted by molar-refractivity contribution is 0.0699. The Hall–Kier alpha value is -2.90. The Morgan fingerprint density at radius 3 is 2.90 bits per heavy atom. The normalized spacial score (nSPS) is 11.1. The first kappa shape index (κ1) is 12.2. The maximum Gasteiger partial charge on any atom is 0.337 e. The van der Waals surface area contributed by atoms with Gasteiger partial charge in [0.05, 0.1) is 23.1 Å². The molecule has 20 heavy (non-hydrogen) atoms. The Balaban J connectivity index is 2.19. The number of carboxylic acid groups (broad SMARTS) is 1. The summed E-state index contributed by atoms with van der Waals surface area (Å²) in [6, 6.07) is 4.75. The minimum Gasteiger partial charge on any atom is -0.478 e. The van der Waals surface area contributed by atoms with Crippen LogP contribution in [0.1, 0.15) is 16.2 Å². The first-order valence-electron chi connectivity index (χ1n) is 5.85. The minimum atomic E-state index is -1.08. The molecule has 3 aromatic rings. The second-order valence-electron chi connectivity index (χ2n) is 4.38. The molecule has 102 valence electrons. The number of H-pyrrole nitrogens is 1. The Kier molecular flexibility index (Phi) is 2.63. The third kappa shape index (κ3) is 1.78. The number of aromatic nitrogens is 5. The second kappa shape index (κ2) is 4.34. The topological polar surface area (TPSA) is 106 Å². The number of imidazole rings is 1. The zero-order valence-corrected chi connectivity index (χ0v) is 10.6. The summed E-state index contributed by atoms with van der Waals surface area (Å²) in [5.41, 5.74) is 0.526. The van der Waals surface area contributed by atoms with E-state index in [1.54, 1.807) is 23.7 Å². The number of rotatable bonds is 3. The van der Waals surface area contributed by atoms with E-state index in [2.05, 4.69) is 15.2 Å². The van der Waals surface area contributed by atoms with Crippen molar-refractivity contribution in [3.8, 4) is 0 Å². The van der Waals surface area contributed by atoms with Crippen molar-refractivity contribution < 1.29 is 9.90 Å². The number of nitrogens with zero attached hydrogens (tertiary/aromatic N) is 4. The number of nitrogens with one attached hydrogen (secondary N) is 1. The summed E-state index contributed by atoms with van der Waals surface area (Å²) in [6.45, 7) is 0.221. The average molecular weight is 273 g/mol. The zero-order chi connectivity index (χ0) is 14.3. The van der Waals surface area contributed by atoms with Gasteiger partial charge in [-0.3, -0.25) is 4.57 Å². The van der Waals surface area contributed by atoms with Crippen LogP contribution in [0.4, 0.5) is 0 Å². The van der Waals surface area contributed by atoms with Crippen LogP contribution < -0.4 is 5.69 Å². The van der Waals surface area contributed by atoms with Crippen LogP contribution in [0.15, 0.2) is 29.3 Å². The Morgan fingerprint density at radius 1 is 1.45 bits per heavy atom. The van der Waals surface area contributed by atoms with Gasteiger partial charge >= 0.3 is 11.7 Å². The fourth-order valence-corrected chi connectivity index (χ4v) is 2.11. The fraction of sp³-hybridized carbons (Fsp3) is 0.167. The van der Waals surface area contributed by atoms with E-state index in [4.69, 9.17) is 5.11 Å². The molecule has 0 saturated heterocycles. The zero-order valence-electron chi connectivity index (χ0n) is 10.6. The van der Waals surface area contributed by atoms with Crippen molar-refractivity contribution in [2.24, 2.45) is 7.05 Å². The van der Waals surface area contributed by atoms with Gasteiger partial charge in [-0.15, -0.1) is 10.2 Å². The number of hydrogen-bond acceptors (Lipinski definition) is 4. The summed E-state index contributed by atoms with van der Waals surface area (Å²) in [5.74, 6) is -0.476. The molecule has 0 amide bonds. The number of aryl methyl sites for hydroxylation is 1. The van der Waals surface area contributed by atoms with Crippen LogP contribution in [0.3, 0.4) is 0 Å². The first-order valence-corrected chi connectivity index (χ1v) is 5.85. The summed E-state index contributed by atoms with van der Waals surface area (Å²) in [4.78, 5) is 25.7. The predicted octanol–water partition coefficient (Wildman–Crippen LogP) is 0.205. The highest BCUT2D eigenvalue weighted by Crippen LogP contribution is 2.16. The molecule has 0 unspecified atom stereocenters. The van der Waals surface area contributed by atoms with Crippen molar-refractivity contribution in [1.82, 2.24) is 24.3 Å². The van der Waals surface area contributed by atoms with Gasteiger partial charge in [0.2, 0.25) is 0 Å². The lowest BCUT2D eigenvalue weighted by atomic mass is 10.2. The summed E-state index contributed by atoms with van der Waals surface area (Å²) < 4.78 is 3.14. The van der Waals surface area contributed by atoms with E-state index in [9.17, 15) is 9.59 Å². The van der Waals surface area contributed by atoms with Crippen molar-refractivity contribution >= 4 is 17.0 Å². The Bertz CT molecular complexity index is 857. The molecule has 2 heterocycles. The molecule has 0 aliphatic rings. The van der Waals surface area contributed by atoms with Crippen LogP contribution in [0, 0.1) is 0 Å². The highest BCUT2D eigenvalue weighted by Gasteiger charge is 2.15. The predicted molar refractivity (Wildman–Crippen MR) is 69.6 cm³/mol. The largest absolute Gasteiger partial charge is 0.478 e. The fourth-order valence-electron chi connectivity index (χ4n) is 2.11. The second-order valence-corrected chi connectivity index (χ2v) is 4.38. The summed E-state index contributed by atoms with van der Waals surface area (Å²) >= 11 is 0. The van der Waals surface area contributed by atoms with Gasteiger partial charge in [0.25, 0.3) is 0 Å². The summed E-state index contributed by atoms with van der Waals surface area (Å²) in [5, 5.41) is 16.8. The maximum absolute atomic E-state index is 12.0. The van der Waals surface area contributed by atoms with Gasteiger partial charge in [-0.2, -0.15) is 0 Å². The van der Waals surface area contributed by atoms with Crippen molar-refractivity contribution in [2.45, 2.75) is 6.54 Å². The molecule has 0 bridgehead atoms. The number of aromatic amines is 1. The Labute approximate surface area is 112 Å². The minimum absolute atomic E-state index is 0.0660. The number of aromatic carboxylic acids is 1. The highest BCUT2D eigenvalue weighted by molar-refractivity contribution is 6.00. The van der Waals surface area contributed by atoms with Gasteiger partial charge in [0.1, 0.15) is 6.33 Å². The molecule has 0 radical (unpaired) electrons. The maximum atomic E-state index is 12.0. The highest BCUT2D eigenvalue weighted by atomic mass is 16.4. The standard InChI is InChI=1S/C12H11N5O3/c1-16-6-13-15-9(16)5-17-8-4-2-3-7(11(18)19)10(8)14-12(17)20/h2-4,6H,5H2,1H3,(H,14,20)(H,18,19). The van der Waals surface area contributed by atoms with Crippen LogP contribution in [0.25, 0.3) is 11.0 Å². The first-order chi connectivity index (χ1) is 9.58. The molecule has 0 aliphatic heterocycles. The quantitative estimate of drug-likeness (QED) is 0.709. The van der Waals surface area contributed by atoms with Crippen LogP contribution >= 0.6 is 0 Å². The molecule has 0 spiro atoms. The number of para-hydroxylation sites is 1. The SMILES string of the molecule is Cn1cnnc1Cn1c(=O)[nH]c2c(C(=O)O)cccc21. The molecule has 8 nitrogen and oxygen atoms in total. The molecular weight excluding hydrogens is 262 g/mol. The van der Waals surface area contributed by atoms with Crippen molar-refractivity contribution in [3.63, 3.8) is 0 Å². The molecular formula is C12H11N5O3. The van der Waals surface area contributed by atoms with Crippen molar-refractivity contribution in [2.75, 3.05) is 0 Å². The van der Waals surface area contributed by atoms with E-state index in [1.807, 2.05) is 0 Å². The van der Waals surface area contributed by atoms with E-state index in [0.717, 1.165) is 0 Å². The molecule has 0 fully saturated rings. The van der Waals surface area contributed by atoms with E-state index < -0.39 is 5.97 Å². The number of hydrogen-bond donors (Lipinski definition) is 2. The van der Waals surface area contributed by atoms with Gasteiger partial charge in [0, 0.05) is 7.05 Å². The van der Waals surface area contributed by atoms with E-state index in [1.165, 1.54) is 17.0 Å². The molecule has 2 aromatic heterocycles. The van der Waals surface area contributed by atoms with Crippen molar-refractivity contribution in [3.05, 3.63) is 46.4 Å². The van der Waals surface area contributed by atoms with Gasteiger partial charge in [-0.1, -0.05) is 6.07 Å². The molecule has 0 atom stereocenters. The van der Waals surface area contributed by atoms with Gasteiger partial charge in [-0.25, -0.2) is 9.59 Å². The smallest absolute Gasteiger partial charge is 0.337 e. The Morgan fingerprint density at radius 2 is 2.25 bits per heavy atom. The van der Waals surface area contributed by atoms with E-state index >= 15 is 0 Å². The van der Waals surface area contributed by atoms with Crippen LogP contribution in [-0.4, -0.2) is 35.4 Å². The van der Waals surface area contributed by atoms with Crippen LogP contribution in [0.5, 0.6) is 0 Å². The third-order valence-electron chi connectivity index (χ3n) is 3.15. The number of carboxylic acids is 1. The van der Waals surface area contributed by atoms with E-state index in [0.29, 0.717) is 16.9 Å². The van der Waals surface area contributed by atoms with Crippen LogP contribution in [0.2, 0.25) is 0 Å².